The number of carbonyl (C=O) groups excluding carboxylic acids is 1. The largest absolute Gasteiger partial charge is 0.301 e. The van der Waals surface area contributed by atoms with Crippen molar-refractivity contribution in [2.45, 2.75) is 13.5 Å². The van der Waals surface area contributed by atoms with E-state index in [0.717, 1.165) is 16.6 Å². The lowest BCUT2D eigenvalue weighted by Crippen LogP contribution is -2.02. The molecule has 10 heavy (non-hydrogen) atoms. The molecular weight excluding hydrogens is 196 g/mol. The van der Waals surface area contributed by atoms with Gasteiger partial charge in [-0.15, -0.1) is 0 Å². The molecule has 1 aromatic heterocycles. The van der Waals surface area contributed by atoms with E-state index < -0.39 is 0 Å². The predicted molar refractivity (Wildman–Crippen MR) is 40.7 cm³/mol. The van der Waals surface area contributed by atoms with Crippen LogP contribution in [0.3, 0.4) is 0 Å². The molecule has 0 aliphatic heterocycles. The fraction of sp³-hybridized carbons (Fsp3) is 0.333. The molecular formula is C6H7BrN2O. The van der Waals surface area contributed by atoms with Gasteiger partial charge in [0.2, 0.25) is 0 Å². The van der Waals surface area contributed by atoms with Crippen LogP contribution in [0.4, 0.5) is 0 Å². The highest BCUT2D eigenvalue weighted by Crippen LogP contribution is 2.08. The van der Waals surface area contributed by atoms with E-state index in [-0.39, 0.29) is 0 Å². The zero-order valence-electron chi connectivity index (χ0n) is 5.54. The predicted octanol–water partition coefficient (Wildman–Crippen LogP) is 1.15. The smallest absolute Gasteiger partial charge is 0.141 e. The van der Waals surface area contributed by atoms with Gasteiger partial charge in [-0.05, 0) is 28.9 Å². The first-order chi connectivity index (χ1) is 4.74. The van der Waals surface area contributed by atoms with E-state index in [2.05, 4.69) is 21.0 Å². The number of nitrogens with zero attached hydrogens (tertiary/aromatic N) is 2. The van der Waals surface area contributed by atoms with Crippen LogP contribution in [0.5, 0.6) is 0 Å². The monoisotopic (exact) mass is 202 g/mol. The second kappa shape index (κ2) is 2.96. The summed E-state index contributed by atoms with van der Waals surface area (Å²) in [6, 6.07) is 1.86. The molecule has 0 atom stereocenters. The number of aryl methyl sites for hydroxylation is 1. The van der Waals surface area contributed by atoms with Crippen molar-refractivity contribution in [3.63, 3.8) is 0 Å². The number of halogens is 1. The number of aldehydes is 1. The second-order valence-electron chi connectivity index (χ2n) is 1.96. The third-order valence-corrected chi connectivity index (χ3v) is 1.59. The Morgan fingerprint density at radius 1 is 1.90 bits per heavy atom. The standard InChI is InChI=1S/C6H7BrN2O/c1-5-4-6(7)8-9(5)2-3-10/h3-4H,2H2,1H3. The molecule has 3 nitrogen and oxygen atoms in total. The van der Waals surface area contributed by atoms with Crippen LogP contribution >= 0.6 is 15.9 Å². The summed E-state index contributed by atoms with van der Waals surface area (Å²) in [4.78, 5) is 10.1. The topological polar surface area (TPSA) is 34.9 Å². The summed E-state index contributed by atoms with van der Waals surface area (Å²) in [7, 11) is 0. The van der Waals surface area contributed by atoms with Gasteiger partial charge in [0.15, 0.2) is 0 Å². The Balaban J connectivity index is 2.91. The molecule has 0 saturated heterocycles. The van der Waals surface area contributed by atoms with Crippen LogP contribution in [0.1, 0.15) is 5.69 Å². The highest BCUT2D eigenvalue weighted by atomic mass is 79.9. The van der Waals surface area contributed by atoms with Crippen molar-refractivity contribution in [3.8, 4) is 0 Å². The summed E-state index contributed by atoms with van der Waals surface area (Å²) >= 11 is 3.21. The molecule has 0 aliphatic rings. The Morgan fingerprint density at radius 2 is 2.60 bits per heavy atom. The summed E-state index contributed by atoms with van der Waals surface area (Å²) in [5.74, 6) is 0. The highest BCUT2D eigenvalue weighted by molar-refractivity contribution is 9.10. The van der Waals surface area contributed by atoms with Crippen LogP contribution in [0.15, 0.2) is 10.7 Å². The van der Waals surface area contributed by atoms with E-state index in [1.54, 1.807) is 4.68 Å². The van der Waals surface area contributed by atoms with Gasteiger partial charge in [0.25, 0.3) is 0 Å². The quantitative estimate of drug-likeness (QED) is 0.675. The molecule has 0 amide bonds. The Bertz CT molecular complexity index is 244. The number of aromatic nitrogens is 2. The van der Waals surface area contributed by atoms with Gasteiger partial charge in [-0.1, -0.05) is 0 Å². The molecule has 0 N–H and O–H groups in total. The molecule has 0 spiro atoms. The molecule has 1 rings (SSSR count). The van der Waals surface area contributed by atoms with E-state index in [1.807, 2.05) is 13.0 Å². The van der Waals surface area contributed by atoms with E-state index in [9.17, 15) is 4.79 Å². The first-order valence-corrected chi connectivity index (χ1v) is 3.67. The fourth-order valence-corrected chi connectivity index (χ4v) is 1.25. The van der Waals surface area contributed by atoms with Gasteiger partial charge in [-0.25, -0.2) is 0 Å². The summed E-state index contributed by atoms with van der Waals surface area (Å²) in [5.41, 5.74) is 0.985. The van der Waals surface area contributed by atoms with Crippen molar-refractivity contribution in [1.29, 1.82) is 0 Å². The van der Waals surface area contributed by atoms with E-state index in [0.29, 0.717) is 6.54 Å². The second-order valence-corrected chi connectivity index (χ2v) is 2.77. The molecule has 1 heterocycles. The van der Waals surface area contributed by atoms with Gasteiger partial charge in [0.05, 0.1) is 6.54 Å². The van der Waals surface area contributed by atoms with Gasteiger partial charge >= 0.3 is 0 Å². The Morgan fingerprint density at radius 3 is 3.00 bits per heavy atom. The summed E-state index contributed by atoms with van der Waals surface area (Å²) in [5, 5.41) is 4.00. The fourth-order valence-electron chi connectivity index (χ4n) is 0.725. The zero-order chi connectivity index (χ0) is 7.56. The first kappa shape index (κ1) is 7.47. The van der Waals surface area contributed by atoms with Gasteiger partial charge in [-0.3, -0.25) is 4.68 Å². The van der Waals surface area contributed by atoms with Crippen molar-refractivity contribution >= 4 is 22.2 Å². The van der Waals surface area contributed by atoms with Crippen molar-refractivity contribution in [2.75, 3.05) is 0 Å². The highest BCUT2D eigenvalue weighted by Gasteiger charge is 1.98. The lowest BCUT2D eigenvalue weighted by Gasteiger charge is -1.94. The zero-order valence-corrected chi connectivity index (χ0v) is 7.13. The maximum absolute atomic E-state index is 10.1. The van der Waals surface area contributed by atoms with Crippen LogP contribution in [0, 0.1) is 6.92 Å². The normalized spacial score (nSPS) is 9.80. The average molecular weight is 203 g/mol. The molecule has 0 aliphatic carbocycles. The molecule has 54 valence electrons. The summed E-state index contributed by atoms with van der Waals surface area (Å²) in [6.45, 7) is 2.23. The molecule has 0 unspecified atom stereocenters. The van der Waals surface area contributed by atoms with Gasteiger partial charge in [-0.2, -0.15) is 5.10 Å². The number of hydrogen-bond acceptors (Lipinski definition) is 2. The van der Waals surface area contributed by atoms with Gasteiger partial charge in [0, 0.05) is 5.69 Å². The maximum atomic E-state index is 10.1. The lowest BCUT2D eigenvalue weighted by atomic mass is 10.5. The SMILES string of the molecule is Cc1cc(Br)nn1CC=O. The molecule has 0 saturated carbocycles. The van der Waals surface area contributed by atoms with E-state index in [4.69, 9.17) is 0 Å². The maximum Gasteiger partial charge on any atom is 0.141 e. The molecule has 1 aromatic rings. The summed E-state index contributed by atoms with van der Waals surface area (Å²) in [6.07, 6.45) is 0.826. The van der Waals surface area contributed by atoms with Crippen LogP contribution in [0.25, 0.3) is 0 Å². The molecule has 0 bridgehead atoms. The van der Waals surface area contributed by atoms with Crippen molar-refractivity contribution in [1.82, 2.24) is 9.78 Å². The van der Waals surface area contributed by atoms with Crippen LogP contribution in [-0.4, -0.2) is 16.1 Å². The minimum Gasteiger partial charge on any atom is -0.301 e. The molecule has 4 heteroatoms. The number of carbonyl (C=O) groups is 1. The Hall–Kier alpha value is -0.640. The number of hydrogen-bond donors (Lipinski definition) is 0. The Kier molecular flexibility index (Phi) is 2.21. The average Bonchev–Trinajstić information content (AvgIpc) is 2.13. The van der Waals surface area contributed by atoms with Crippen LogP contribution < -0.4 is 0 Å². The Labute approximate surface area is 67.2 Å². The van der Waals surface area contributed by atoms with E-state index >= 15 is 0 Å². The summed E-state index contributed by atoms with van der Waals surface area (Å²) < 4.78 is 2.41. The van der Waals surface area contributed by atoms with Crippen molar-refractivity contribution in [2.24, 2.45) is 0 Å². The van der Waals surface area contributed by atoms with E-state index in [1.165, 1.54) is 0 Å². The molecule has 0 radical (unpaired) electrons. The van der Waals surface area contributed by atoms with Crippen molar-refractivity contribution in [3.05, 3.63) is 16.4 Å². The minimum absolute atomic E-state index is 0.331. The molecule has 0 aromatic carbocycles. The van der Waals surface area contributed by atoms with Crippen LogP contribution in [0.2, 0.25) is 0 Å². The minimum atomic E-state index is 0.331. The number of rotatable bonds is 2. The van der Waals surface area contributed by atoms with Crippen molar-refractivity contribution < 1.29 is 4.79 Å². The molecule has 0 fully saturated rings. The first-order valence-electron chi connectivity index (χ1n) is 2.87. The van der Waals surface area contributed by atoms with Gasteiger partial charge in [0.1, 0.15) is 10.9 Å². The third kappa shape index (κ3) is 1.44. The lowest BCUT2D eigenvalue weighted by molar-refractivity contribution is -0.108. The third-order valence-electron chi connectivity index (χ3n) is 1.20. The van der Waals surface area contributed by atoms with Gasteiger partial charge < -0.3 is 4.79 Å². The van der Waals surface area contributed by atoms with Crippen LogP contribution in [-0.2, 0) is 11.3 Å².